The number of halogens is 3. The summed E-state index contributed by atoms with van der Waals surface area (Å²) in [7, 11) is 0. The van der Waals surface area contributed by atoms with Crippen molar-refractivity contribution in [2.45, 2.75) is 48.9 Å². The highest BCUT2D eigenvalue weighted by Gasteiger charge is 2.38. The average molecular weight is 478 g/mol. The molecule has 0 aliphatic carbocycles. The summed E-state index contributed by atoms with van der Waals surface area (Å²) in [5.41, 5.74) is 0.924. The van der Waals surface area contributed by atoms with E-state index in [0.29, 0.717) is 29.9 Å². The number of nitrogens with one attached hydrogen (secondary N) is 1. The van der Waals surface area contributed by atoms with Crippen LogP contribution in [0.4, 0.5) is 13.2 Å². The zero-order valence-corrected chi connectivity index (χ0v) is 18.6. The summed E-state index contributed by atoms with van der Waals surface area (Å²) in [5.74, 6) is -0.214. The summed E-state index contributed by atoms with van der Waals surface area (Å²) in [6.07, 6.45) is -2.17. The lowest BCUT2D eigenvalue weighted by molar-refractivity contribution is -0.137. The number of rotatable bonds is 7. The zero-order chi connectivity index (χ0) is 23.4. The van der Waals surface area contributed by atoms with Gasteiger partial charge in [-0.2, -0.15) is 13.2 Å². The normalized spacial score (nSPS) is 19.0. The SMILES string of the molecule is Cc1nonc1CNC(=O)[C@@H]1C[C@H](Sc2ccccn2)CN1Cc1cccc(C(F)(F)F)c1. The summed E-state index contributed by atoms with van der Waals surface area (Å²) in [6, 6.07) is 10.3. The highest BCUT2D eigenvalue weighted by molar-refractivity contribution is 7.99. The van der Waals surface area contributed by atoms with Crippen LogP contribution >= 0.6 is 11.8 Å². The van der Waals surface area contributed by atoms with E-state index in [1.54, 1.807) is 30.9 Å². The van der Waals surface area contributed by atoms with E-state index in [9.17, 15) is 18.0 Å². The van der Waals surface area contributed by atoms with Gasteiger partial charge in [-0.25, -0.2) is 9.61 Å². The van der Waals surface area contributed by atoms with Crippen LogP contribution in [-0.4, -0.2) is 43.9 Å². The molecule has 1 saturated heterocycles. The van der Waals surface area contributed by atoms with E-state index in [-0.39, 0.29) is 24.2 Å². The first kappa shape index (κ1) is 23.2. The Bertz CT molecular complexity index is 1090. The van der Waals surface area contributed by atoms with Crippen LogP contribution in [0.1, 0.15) is 28.9 Å². The zero-order valence-electron chi connectivity index (χ0n) is 17.7. The molecule has 3 heterocycles. The first-order chi connectivity index (χ1) is 15.8. The van der Waals surface area contributed by atoms with Crippen molar-refractivity contribution in [2.75, 3.05) is 6.54 Å². The monoisotopic (exact) mass is 477 g/mol. The number of benzene rings is 1. The fourth-order valence-corrected chi connectivity index (χ4v) is 4.93. The van der Waals surface area contributed by atoms with Crippen molar-refractivity contribution < 1.29 is 22.6 Å². The van der Waals surface area contributed by atoms with Gasteiger partial charge in [0.15, 0.2) is 0 Å². The van der Waals surface area contributed by atoms with Gasteiger partial charge < -0.3 is 5.32 Å². The third-order valence-electron chi connectivity index (χ3n) is 5.41. The van der Waals surface area contributed by atoms with Gasteiger partial charge in [-0.15, -0.1) is 11.8 Å². The molecule has 7 nitrogen and oxygen atoms in total. The van der Waals surface area contributed by atoms with E-state index in [4.69, 9.17) is 0 Å². The summed E-state index contributed by atoms with van der Waals surface area (Å²) < 4.78 is 44.1. The molecule has 0 radical (unpaired) electrons. The van der Waals surface area contributed by atoms with Gasteiger partial charge in [0, 0.05) is 24.5 Å². The molecule has 1 aliphatic rings. The Morgan fingerprint density at radius 1 is 1.24 bits per heavy atom. The first-order valence-corrected chi connectivity index (χ1v) is 11.2. The molecule has 0 bridgehead atoms. The maximum absolute atomic E-state index is 13.2. The predicted molar refractivity (Wildman–Crippen MR) is 115 cm³/mol. The van der Waals surface area contributed by atoms with Crippen molar-refractivity contribution >= 4 is 17.7 Å². The third-order valence-corrected chi connectivity index (χ3v) is 6.57. The number of thioether (sulfide) groups is 1. The Balaban J connectivity index is 1.49. The summed E-state index contributed by atoms with van der Waals surface area (Å²) in [4.78, 5) is 19.3. The van der Waals surface area contributed by atoms with Gasteiger partial charge >= 0.3 is 6.18 Å². The number of amides is 1. The summed E-state index contributed by atoms with van der Waals surface area (Å²) in [5, 5.41) is 11.2. The fraction of sp³-hybridized carbons (Fsp3) is 0.364. The van der Waals surface area contributed by atoms with Crippen LogP contribution in [0.5, 0.6) is 0 Å². The second kappa shape index (κ2) is 9.92. The maximum atomic E-state index is 13.2. The number of hydrogen-bond acceptors (Lipinski definition) is 7. The van der Waals surface area contributed by atoms with Crippen LogP contribution in [0.25, 0.3) is 0 Å². The molecule has 0 spiro atoms. The molecule has 1 N–H and O–H groups in total. The average Bonchev–Trinajstić information content (AvgIpc) is 3.38. The minimum absolute atomic E-state index is 0.0666. The summed E-state index contributed by atoms with van der Waals surface area (Å²) in [6.45, 7) is 2.67. The number of carbonyl (C=O) groups is 1. The lowest BCUT2D eigenvalue weighted by Gasteiger charge is -2.24. The van der Waals surface area contributed by atoms with Crippen molar-refractivity contribution in [2.24, 2.45) is 0 Å². The van der Waals surface area contributed by atoms with Gasteiger partial charge in [-0.3, -0.25) is 9.69 Å². The third kappa shape index (κ3) is 5.91. The molecule has 11 heteroatoms. The lowest BCUT2D eigenvalue weighted by atomic mass is 10.1. The Hall–Kier alpha value is -2.92. The number of alkyl halides is 3. The van der Waals surface area contributed by atoms with Crippen LogP contribution in [0.2, 0.25) is 0 Å². The van der Waals surface area contributed by atoms with Gasteiger partial charge in [0.2, 0.25) is 5.91 Å². The molecule has 1 fully saturated rings. The number of carbonyl (C=O) groups excluding carboxylic acids is 1. The highest BCUT2D eigenvalue weighted by Crippen LogP contribution is 2.34. The Kier molecular flexibility index (Phi) is 6.99. The molecule has 2 aromatic heterocycles. The van der Waals surface area contributed by atoms with Crippen LogP contribution < -0.4 is 5.32 Å². The highest BCUT2D eigenvalue weighted by atomic mass is 32.2. The molecular weight excluding hydrogens is 455 g/mol. The Morgan fingerprint density at radius 3 is 2.79 bits per heavy atom. The number of pyridine rings is 1. The van der Waals surface area contributed by atoms with Gasteiger partial charge in [0.25, 0.3) is 0 Å². The second-order valence-corrected chi connectivity index (χ2v) is 9.12. The van der Waals surface area contributed by atoms with Gasteiger partial charge in [-0.1, -0.05) is 34.6 Å². The first-order valence-electron chi connectivity index (χ1n) is 10.3. The minimum atomic E-state index is -4.42. The molecule has 3 aromatic rings. The fourth-order valence-electron chi connectivity index (χ4n) is 3.76. The molecule has 1 amide bonds. The van der Waals surface area contributed by atoms with E-state index >= 15 is 0 Å². The van der Waals surface area contributed by atoms with E-state index in [1.165, 1.54) is 6.07 Å². The van der Waals surface area contributed by atoms with Gasteiger partial charge in [0.1, 0.15) is 11.4 Å². The van der Waals surface area contributed by atoms with Crippen LogP contribution in [0, 0.1) is 6.92 Å². The van der Waals surface area contributed by atoms with E-state index in [2.05, 4.69) is 25.2 Å². The number of aromatic nitrogens is 3. The van der Waals surface area contributed by atoms with Gasteiger partial charge in [-0.05, 0) is 37.1 Å². The molecular formula is C22H22F3N5O2S. The molecule has 1 aromatic carbocycles. The van der Waals surface area contributed by atoms with E-state index in [1.807, 2.05) is 23.1 Å². The standard InChI is InChI=1S/C22H22F3N5O2S/c1-14-18(29-32-28-14)11-27-21(31)19-10-17(33-20-7-2-3-8-26-20)13-30(19)12-15-5-4-6-16(9-15)22(23,24)25/h2-9,17,19H,10-13H2,1H3,(H,27,31)/t17-,19-/m0/s1. The molecule has 33 heavy (non-hydrogen) atoms. The Labute approximate surface area is 192 Å². The smallest absolute Gasteiger partial charge is 0.349 e. The van der Waals surface area contributed by atoms with E-state index in [0.717, 1.165) is 17.2 Å². The maximum Gasteiger partial charge on any atom is 0.416 e. The van der Waals surface area contributed by atoms with Crippen LogP contribution in [0.3, 0.4) is 0 Å². The van der Waals surface area contributed by atoms with Crippen molar-refractivity contribution in [3.05, 3.63) is 71.2 Å². The molecule has 0 saturated carbocycles. The molecule has 0 unspecified atom stereocenters. The van der Waals surface area contributed by atoms with Crippen molar-refractivity contribution in [1.82, 2.24) is 25.5 Å². The number of hydrogen-bond donors (Lipinski definition) is 1. The van der Waals surface area contributed by atoms with Crippen molar-refractivity contribution in [3.63, 3.8) is 0 Å². The van der Waals surface area contributed by atoms with E-state index < -0.39 is 17.8 Å². The molecule has 4 rings (SSSR count). The quantitative estimate of drug-likeness (QED) is 0.554. The van der Waals surface area contributed by atoms with Crippen molar-refractivity contribution in [1.29, 1.82) is 0 Å². The van der Waals surface area contributed by atoms with Crippen molar-refractivity contribution in [3.8, 4) is 0 Å². The topological polar surface area (TPSA) is 84.2 Å². The predicted octanol–water partition coefficient (Wildman–Crippen LogP) is 3.84. The van der Waals surface area contributed by atoms with Crippen LogP contribution in [0.15, 0.2) is 58.3 Å². The van der Waals surface area contributed by atoms with Crippen LogP contribution in [-0.2, 0) is 24.1 Å². The number of nitrogens with zero attached hydrogens (tertiary/aromatic N) is 4. The number of aryl methyl sites for hydroxylation is 1. The molecule has 1 aliphatic heterocycles. The Morgan fingerprint density at radius 2 is 2.09 bits per heavy atom. The summed E-state index contributed by atoms with van der Waals surface area (Å²) >= 11 is 1.56. The number of likely N-dealkylation sites (tertiary alicyclic amines) is 1. The largest absolute Gasteiger partial charge is 0.416 e. The lowest BCUT2D eigenvalue weighted by Crippen LogP contribution is -2.42. The molecule has 2 atom stereocenters. The van der Waals surface area contributed by atoms with Gasteiger partial charge in [0.05, 0.1) is 23.2 Å². The molecule has 174 valence electrons. The minimum Gasteiger partial charge on any atom is -0.349 e. The second-order valence-electron chi connectivity index (χ2n) is 7.80.